The monoisotopic (exact) mass is 415 g/mol. The first-order valence-corrected chi connectivity index (χ1v) is 10.7. The van der Waals surface area contributed by atoms with Crippen molar-refractivity contribution in [2.45, 2.75) is 11.3 Å². The molecule has 1 aromatic heterocycles. The number of urea groups is 1. The van der Waals surface area contributed by atoms with Gasteiger partial charge >= 0.3 is 6.03 Å². The van der Waals surface area contributed by atoms with E-state index in [-0.39, 0.29) is 32.2 Å². The summed E-state index contributed by atoms with van der Waals surface area (Å²) >= 11 is 1.62. The predicted molar refractivity (Wildman–Crippen MR) is 98.1 cm³/mol. The van der Waals surface area contributed by atoms with E-state index >= 15 is 0 Å². The van der Waals surface area contributed by atoms with Gasteiger partial charge in [-0.1, -0.05) is 6.07 Å². The molecule has 1 aliphatic heterocycles. The highest BCUT2D eigenvalue weighted by Crippen LogP contribution is 2.21. The molecule has 0 radical (unpaired) electrons. The molecule has 1 aromatic carbocycles. The van der Waals surface area contributed by atoms with E-state index in [9.17, 15) is 22.0 Å². The van der Waals surface area contributed by atoms with Crippen LogP contribution in [0.15, 0.2) is 40.6 Å². The van der Waals surface area contributed by atoms with E-state index in [0.29, 0.717) is 12.6 Å². The van der Waals surface area contributed by atoms with Gasteiger partial charge in [0.2, 0.25) is 10.0 Å². The number of nitrogens with one attached hydrogen (secondary N) is 1. The smallest absolute Gasteiger partial charge is 0.317 e. The number of hydrogen-bond donors (Lipinski definition) is 1. The fourth-order valence-corrected chi connectivity index (χ4v) is 5.01. The first-order valence-electron chi connectivity index (χ1n) is 8.38. The molecule has 0 unspecified atom stereocenters. The molecular formula is C17H19F2N3O3S2. The molecule has 27 heavy (non-hydrogen) atoms. The lowest BCUT2D eigenvalue weighted by molar-refractivity contribution is 0.172. The van der Waals surface area contributed by atoms with Crippen LogP contribution in [0.1, 0.15) is 4.88 Å². The quantitative estimate of drug-likeness (QED) is 0.815. The van der Waals surface area contributed by atoms with Crippen LogP contribution in [0.3, 0.4) is 0 Å². The molecule has 146 valence electrons. The van der Waals surface area contributed by atoms with Gasteiger partial charge in [0.25, 0.3) is 0 Å². The Labute approximate surface area is 160 Å². The van der Waals surface area contributed by atoms with Crippen LogP contribution in [0.4, 0.5) is 13.6 Å². The van der Waals surface area contributed by atoms with Crippen molar-refractivity contribution in [2.75, 3.05) is 32.7 Å². The third kappa shape index (κ3) is 4.63. The Kier molecular flexibility index (Phi) is 6.08. The van der Waals surface area contributed by atoms with Gasteiger partial charge < -0.3 is 10.2 Å². The summed E-state index contributed by atoms with van der Waals surface area (Å²) in [7, 11) is -4.15. The van der Waals surface area contributed by atoms with E-state index in [2.05, 4.69) is 5.32 Å². The van der Waals surface area contributed by atoms with Crippen molar-refractivity contribution >= 4 is 27.4 Å². The topological polar surface area (TPSA) is 69.7 Å². The van der Waals surface area contributed by atoms with Crippen molar-refractivity contribution in [3.05, 3.63) is 52.2 Å². The lowest BCUT2D eigenvalue weighted by Gasteiger charge is -2.34. The molecule has 3 rings (SSSR count). The normalized spacial score (nSPS) is 15.7. The van der Waals surface area contributed by atoms with Crippen LogP contribution < -0.4 is 5.32 Å². The summed E-state index contributed by atoms with van der Waals surface area (Å²) in [4.78, 5) is 14.2. The van der Waals surface area contributed by atoms with Crippen LogP contribution in [-0.2, 0) is 16.4 Å². The number of sulfonamides is 1. The first-order chi connectivity index (χ1) is 12.9. The summed E-state index contributed by atoms with van der Waals surface area (Å²) in [6.45, 7) is 0.904. The van der Waals surface area contributed by atoms with E-state index < -0.39 is 26.6 Å². The van der Waals surface area contributed by atoms with E-state index in [1.807, 2.05) is 17.5 Å². The van der Waals surface area contributed by atoms with E-state index in [1.54, 1.807) is 11.3 Å². The molecule has 1 saturated heterocycles. The Morgan fingerprint density at radius 1 is 1.15 bits per heavy atom. The van der Waals surface area contributed by atoms with Gasteiger partial charge in [0.1, 0.15) is 16.5 Å². The molecule has 0 saturated carbocycles. The number of carbonyl (C=O) groups is 1. The van der Waals surface area contributed by atoms with Crippen LogP contribution in [0.2, 0.25) is 0 Å². The number of piperazine rings is 1. The molecule has 2 amide bonds. The highest BCUT2D eigenvalue weighted by molar-refractivity contribution is 7.89. The predicted octanol–water partition coefficient (Wildman–Crippen LogP) is 2.28. The molecular weight excluding hydrogens is 396 g/mol. The summed E-state index contributed by atoms with van der Waals surface area (Å²) in [5, 5.41) is 4.78. The molecule has 2 aromatic rings. The Morgan fingerprint density at radius 2 is 1.89 bits per heavy atom. The van der Waals surface area contributed by atoms with Gasteiger partial charge in [-0.25, -0.2) is 22.0 Å². The van der Waals surface area contributed by atoms with Crippen molar-refractivity contribution < 1.29 is 22.0 Å². The molecule has 0 aliphatic carbocycles. The number of carbonyl (C=O) groups excluding carboxylic acids is 1. The Balaban J connectivity index is 1.54. The van der Waals surface area contributed by atoms with Gasteiger partial charge in [-0.2, -0.15) is 4.31 Å². The zero-order chi connectivity index (χ0) is 19.4. The second-order valence-electron chi connectivity index (χ2n) is 6.03. The molecule has 0 spiro atoms. The van der Waals surface area contributed by atoms with Crippen LogP contribution in [0.5, 0.6) is 0 Å². The number of amides is 2. The molecule has 6 nitrogen and oxygen atoms in total. The molecule has 0 atom stereocenters. The van der Waals surface area contributed by atoms with Crippen LogP contribution in [0, 0.1) is 11.6 Å². The zero-order valence-electron chi connectivity index (χ0n) is 14.4. The maximum atomic E-state index is 13.8. The van der Waals surface area contributed by atoms with Gasteiger partial charge in [0.05, 0.1) is 0 Å². The highest BCUT2D eigenvalue weighted by atomic mass is 32.2. The van der Waals surface area contributed by atoms with Gasteiger partial charge in [-0.15, -0.1) is 11.3 Å². The average Bonchev–Trinajstić information content (AvgIpc) is 3.17. The lowest BCUT2D eigenvalue weighted by atomic mass is 10.3. The van der Waals surface area contributed by atoms with Gasteiger partial charge in [-0.05, 0) is 36.1 Å². The van der Waals surface area contributed by atoms with E-state index in [4.69, 9.17) is 0 Å². The SMILES string of the molecule is O=C(NCCc1cccs1)N1CCN(S(=O)(=O)c2cc(F)ccc2F)CC1. The third-order valence-electron chi connectivity index (χ3n) is 4.26. The molecule has 2 heterocycles. The van der Waals surface area contributed by atoms with Crippen LogP contribution in [0.25, 0.3) is 0 Å². The standard InChI is InChI=1S/C17H19F2N3O3S2/c18-13-3-4-15(19)16(12-13)27(24,25)22-9-7-21(8-10-22)17(23)20-6-5-14-2-1-11-26-14/h1-4,11-12H,5-10H2,(H,20,23). The van der Waals surface area contributed by atoms with E-state index in [1.165, 1.54) is 9.78 Å². The summed E-state index contributed by atoms with van der Waals surface area (Å²) in [5.41, 5.74) is 0. The molecule has 0 bridgehead atoms. The fourth-order valence-electron chi connectivity index (χ4n) is 2.80. The van der Waals surface area contributed by atoms with Crippen LogP contribution in [-0.4, -0.2) is 56.4 Å². The van der Waals surface area contributed by atoms with Gasteiger partial charge in [0, 0.05) is 37.6 Å². The Morgan fingerprint density at radius 3 is 2.56 bits per heavy atom. The summed E-state index contributed by atoms with van der Waals surface area (Å²) in [6.07, 6.45) is 0.733. The minimum Gasteiger partial charge on any atom is -0.338 e. The maximum absolute atomic E-state index is 13.8. The number of thiophene rings is 1. The van der Waals surface area contributed by atoms with Crippen molar-refractivity contribution in [3.63, 3.8) is 0 Å². The number of rotatable bonds is 5. The maximum Gasteiger partial charge on any atom is 0.317 e. The zero-order valence-corrected chi connectivity index (χ0v) is 16.0. The number of nitrogens with zero attached hydrogens (tertiary/aromatic N) is 2. The summed E-state index contributed by atoms with van der Waals surface area (Å²) in [5.74, 6) is -1.82. The summed E-state index contributed by atoms with van der Waals surface area (Å²) < 4.78 is 53.3. The number of halogens is 2. The van der Waals surface area contributed by atoms with Crippen molar-refractivity contribution in [3.8, 4) is 0 Å². The molecule has 10 heteroatoms. The lowest BCUT2D eigenvalue weighted by Crippen LogP contribution is -2.53. The second-order valence-corrected chi connectivity index (χ2v) is 8.97. The molecule has 1 N–H and O–H groups in total. The van der Waals surface area contributed by atoms with E-state index in [0.717, 1.165) is 22.9 Å². The number of benzene rings is 1. The first kappa shape index (κ1) is 19.7. The van der Waals surface area contributed by atoms with Crippen molar-refractivity contribution in [2.24, 2.45) is 0 Å². The average molecular weight is 415 g/mol. The molecule has 1 fully saturated rings. The fraction of sp³-hybridized carbons (Fsp3) is 0.353. The Hall–Kier alpha value is -2.04. The van der Waals surface area contributed by atoms with Gasteiger partial charge in [-0.3, -0.25) is 0 Å². The van der Waals surface area contributed by atoms with Crippen molar-refractivity contribution in [1.29, 1.82) is 0 Å². The van der Waals surface area contributed by atoms with Crippen molar-refractivity contribution in [1.82, 2.24) is 14.5 Å². The highest BCUT2D eigenvalue weighted by Gasteiger charge is 2.32. The number of hydrogen-bond acceptors (Lipinski definition) is 4. The Bertz CT molecular complexity index is 896. The second kappa shape index (κ2) is 8.32. The van der Waals surface area contributed by atoms with Crippen LogP contribution >= 0.6 is 11.3 Å². The third-order valence-corrected chi connectivity index (χ3v) is 7.11. The summed E-state index contributed by atoms with van der Waals surface area (Å²) in [6, 6.07) is 6.01. The van der Waals surface area contributed by atoms with Gasteiger partial charge in [0.15, 0.2) is 0 Å². The molecule has 1 aliphatic rings. The minimum atomic E-state index is -4.15. The largest absolute Gasteiger partial charge is 0.338 e. The minimum absolute atomic E-state index is 0.0244.